The van der Waals surface area contributed by atoms with Crippen LogP contribution in [-0.4, -0.2) is 45.3 Å². The summed E-state index contributed by atoms with van der Waals surface area (Å²) in [6.07, 6.45) is 6.87. The SMILES string of the molecule is Cc1cnn(C2CCCN(C(=O)NCCc3sc(C)nc3C)C2)c1. The summed E-state index contributed by atoms with van der Waals surface area (Å²) in [4.78, 5) is 20.0. The molecule has 1 atom stereocenters. The van der Waals surface area contributed by atoms with Crippen molar-refractivity contribution in [2.24, 2.45) is 0 Å². The summed E-state index contributed by atoms with van der Waals surface area (Å²) in [6, 6.07) is 0.312. The second-order valence-corrected chi connectivity index (χ2v) is 7.75. The predicted octanol–water partition coefficient (Wildman–Crippen LogP) is 2.85. The molecule has 7 heteroatoms. The monoisotopic (exact) mass is 347 g/mol. The fourth-order valence-corrected chi connectivity index (χ4v) is 4.12. The number of carbonyl (C=O) groups excluding carboxylic acids is 1. The summed E-state index contributed by atoms with van der Waals surface area (Å²) in [5.41, 5.74) is 2.24. The Bertz CT molecular complexity index is 708. The van der Waals surface area contributed by atoms with Crippen molar-refractivity contribution in [2.75, 3.05) is 19.6 Å². The Balaban J connectivity index is 1.50. The smallest absolute Gasteiger partial charge is 0.317 e. The molecular formula is C17H25N5OS. The number of piperidine rings is 1. The van der Waals surface area contributed by atoms with Crippen LogP contribution >= 0.6 is 11.3 Å². The molecule has 24 heavy (non-hydrogen) atoms. The largest absolute Gasteiger partial charge is 0.338 e. The van der Waals surface area contributed by atoms with Gasteiger partial charge >= 0.3 is 6.03 Å². The Morgan fingerprint density at radius 1 is 1.42 bits per heavy atom. The van der Waals surface area contributed by atoms with Gasteiger partial charge in [-0.3, -0.25) is 4.68 Å². The molecule has 1 aliphatic heterocycles. The third-order valence-corrected chi connectivity index (χ3v) is 5.55. The van der Waals surface area contributed by atoms with Gasteiger partial charge in [0.25, 0.3) is 0 Å². The number of aryl methyl sites for hydroxylation is 3. The van der Waals surface area contributed by atoms with Crippen LogP contribution in [-0.2, 0) is 6.42 Å². The number of carbonyl (C=O) groups is 1. The molecule has 3 rings (SSSR count). The van der Waals surface area contributed by atoms with Gasteiger partial charge in [0, 0.05) is 37.1 Å². The number of thiazole rings is 1. The summed E-state index contributed by atoms with van der Waals surface area (Å²) in [5.74, 6) is 0. The minimum atomic E-state index is 0.0301. The first-order valence-electron chi connectivity index (χ1n) is 8.49. The minimum Gasteiger partial charge on any atom is -0.338 e. The Labute approximate surface area is 146 Å². The van der Waals surface area contributed by atoms with E-state index < -0.39 is 0 Å². The van der Waals surface area contributed by atoms with Gasteiger partial charge in [-0.1, -0.05) is 0 Å². The highest BCUT2D eigenvalue weighted by Gasteiger charge is 2.25. The van der Waals surface area contributed by atoms with Crippen molar-refractivity contribution in [2.45, 2.75) is 46.1 Å². The summed E-state index contributed by atoms with van der Waals surface area (Å²) in [7, 11) is 0. The number of rotatable bonds is 4. The third-order valence-electron chi connectivity index (χ3n) is 4.42. The summed E-state index contributed by atoms with van der Waals surface area (Å²) >= 11 is 1.71. The number of urea groups is 1. The zero-order valence-corrected chi connectivity index (χ0v) is 15.4. The molecule has 130 valence electrons. The Kier molecular flexibility index (Phi) is 5.18. The van der Waals surface area contributed by atoms with Crippen LogP contribution in [0.15, 0.2) is 12.4 Å². The van der Waals surface area contributed by atoms with Crippen molar-refractivity contribution in [1.29, 1.82) is 0 Å². The maximum absolute atomic E-state index is 12.4. The van der Waals surface area contributed by atoms with E-state index in [1.54, 1.807) is 11.3 Å². The number of hydrogen-bond donors (Lipinski definition) is 1. The maximum Gasteiger partial charge on any atom is 0.317 e. The van der Waals surface area contributed by atoms with Gasteiger partial charge in [-0.25, -0.2) is 9.78 Å². The molecule has 0 saturated carbocycles. The molecular weight excluding hydrogens is 322 g/mol. The average molecular weight is 347 g/mol. The van der Waals surface area contributed by atoms with E-state index in [4.69, 9.17) is 0 Å². The first-order chi connectivity index (χ1) is 11.5. The minimum absolute atomic E-state index is 0.0301. The molecule has 0 aromatic carbocycles. The Morgan fingerprint density at radius 2 is 2.25 bits per heavy atom. The van der Waals surface area contributed by atoms with E-state index in [-0.39, 0.29) is 12.1 Å². The van der Waals surface area contributed by atoms with Gasteiger partial charge in [0.05, 0.1) is 22.9 Å². The summed E-state index contributed by atoms with van der Waals surface area (Å²) in [5, 5.41) is 8.54. The van der Waals surface area contributed by atoms with Crippen molar-refractivity contribution in [3.63, 3.8) is 0 Å². The first kappa shape index (κ1) is 17.0. The molecule has 0 bridgehead atoms. The topological polar surface area (TPSA) is 63.1 Å². The maximum atomic E-state index is 12.4. The van der Waals surface area contributed by atoms with Crippen LogP contribution in [0.4, 0.5) is 4.79 Å². The highest BCUT2D eigenvalue weighted by molar-refractivity contribution is 7.11. The van der Waals surface area contributed by atoms with Crippen molar-refractivity contribution in [1.82, 2.24) is 25.0 Å². The van der Waals surface area contributed by atoms with E-state index in [1.807, 2.05) is 36.5 Å². The summed E-state index contributed by atoms with van der Waals surface area (Å²) < 4.78 is 2.00. The molecule has 2 aromatic heterocycles. The van der Waals surface area contributed by atoms with Crippen LogP contribution < -0.4 is 5.32 Å². The van der Waals surface area contributed by atoms with Crippen LogP contribution in [0.2, 0.25) is 0 Å². The van der Waals surface area contributed by atoms with Gasteiger partial charge in [0.2, 0.25) is 0 Å². The molecule has 1 N–H and O–H groups in total. The van der Waals surface area contributed by atoms with E-state index in [1.165, 1.54) is 4.88 Å². The second kappa shape index (κ2) is 7.34. The van der Waals surface area contributed by atoms with E-state index in [0.29, 0.717) is 6.54 Å². The van der Waals surface area contributed by atoms with Gasteiger partial charge in [0.15, 0.2) is 0 Å². The van der Waals surface area contributed by atoms with Crippen LogP contribution in [0.1, 0.15) is 40.0 Å². The molecule has 1 saturated heterocycles. The van der Waals surface area contributed by atoms with E-state index in [0.717, 1.165) is 48.6 Å². The van der Waals surface area contributed by atoms with Gasteiger partial charge in [-0.2, -0.15) is 5.10 Å². The summed E-state index contributed by atoms with van der Waals surface area (Å²) in [6.45, 7) is 8.29. The van der Waals surface area contributed by atoms with Gasteiger partial charge in [0.1, 0.15) is 0 Å². The number of likely N-dealkylation sites (tertiary alicyclic amines) is 1. The lowest BCUT2D eigenvalue weighted by Gasteiger charge is -2.32. The van der Waals surface area contributed by atoms with E-state index >= 15 is 0 Å². The van der Waals surface area contributed by atoms with E-state index in [9.17, 15) is 4.79 Å². The fraction of sp³-hybridized carbons (Fsp3) is 0.588. The Hall–Kier alpha value is -1.89. The van der Waals surface area contributed by atoms with Crippen LogP contribution in [0, 0.1) is 20.8 Å². The quantitative estimate of drug-likeness (QED) is 0.925. The molecule has 0 spiro atoms. The Morgan fingerprint density at radius 3 is 2.92 bits per heavy atom. The average Bonchev–Trinajstić information content (AvgIpc) is 3.13. The van der Waals surface area contributed by atoms with Crippen LogP contribution in [0.5, 0.6) is 0 Å². The molecule has 1 fully saturated rings. The van der Waals surface area contributed by atoms with Crippen LogP contribution in [0.3, 0.4) is 0 Å². The van der Waals surface area contributed by atoms with Gasteiger partial charge < -0.3 is 10.2 Å². The zero-order valence-electron chi connectivity index (χ0n) is 14.6. The van der Waals surface area contributed by atoms with E-state index in [2.05, 4.69) is 21.6 Å². The molecule has 1 aliphatic rings. The predicted molar refractivity (Wildman–Crippen MR) is 95.5 cm³/mol. The number of nitrogens with zero attached hydrogens (tertiary/aromatic N) is 4. The van der Waals surface area contributed by atoms with Crippen molar-refractivity contribution >= 4 is 17.4 Å². The lowest BCUT2D eigenvalue weighted by atomic mass is 10.1. The molecule has 6 nitrogen and oxygen atoms in total. The van der Waals surface area contributed by atoms with Crippen molar-refractivity contribution < 1.29 is 4.79 Å². The van der Waals surface area contributed by atoms with Crippen molar-refractivity contribution in [3.8, 4) is 0 Å². The van der Waals surface area contributed by atoms with Gasteiger partial charge in [-0.05, 0) is 39.2 Å². The third kappa shape index (κ3) is 3.95. The molecule has 0 radical (unpaired) electrons. The first-order valence-corrected chi connectivity index (χ1v) is 9.31. The number of hydrogen-bond acceptors (Lipinski definition) is 4. The number of amides is 2. The van der Waals surface area contributed by atoms with Crippen molar-refractivity contribution in [3.05, 3.63) is 33.5 Å². The lowest BCUT2D eigenvalue weighted by molar-refractivity contribution is 0.163. The molecule has 1 unspecified atom stereocenters. The fourth-order valence-electron chi connectivity index (χ4n) is 3.19. The molecule has 2 aromatic rings. The standard InChI is InChI=1S/C17H25N5OS/c1-12-9-19-22(10-12)15-5-4-8-21(11-15)17(23)18-7-6-16-13(2)20-14(3)24-16/h9-10,15H,4-8,11H2,1-3H3,(H,18,23). The highest BCUT2D eigenvalue weighted by Crippen LogP contribution is 2.21. The highest BCUT2D eigenvalue weighted by atomic mass is 32.1. The van der Waals surface area contributed by atoms with Crippen LogP contribution in [0.25, 0.3) is 0 Å². The lowest BCUT2D eigenvalue weighted by Crippen LogP contribution is -2.46. The molecule has 3 heterocycles. The molecule has 2 amide bonds. The number of nitrogens with one attached hydrogen (secondary N) is 1. The number of aromatic nitrogens is 3. The normalized spacial score (nSPS) is 18.0. The zero-order chi connectivity index (χ0) is 17.1. The molecule has 0 aliphatic carbocycles. The van der Waals surface area contributed by atoms with Gasteiger partial charge in [-0.15, -0.1) is 11.3 Å². The second-order valence-electron chi connectivity index (χ2n) is 6.46.